The maximum atomic E-state index is 12.0. The van der Waals surface area contributed by atoms with E-state index < -0.39 is 5.97 Å². The van der Waals surface area contributed by atoms with E-state index in [1.165, 1.54) is 0 Å². The van der Waals surface area contributed by atoms with Gasteiger partial charge in [-0.3, -0.25) is 19.8 Å². The number of nitrogens with one attached hydrogen (secondary N) is 2. The Morgan fingerprint density at radius 3 is 2.35 bits per heavy atom. The summed E-state index contributed by atoms with van der Waals surface area (Å²) in [5.74, 6) is -0.196. The van der Waals surface area contributed by atoms with E-state index in [1.807, 2.05) is 0 Å². The van der Waals surface area contributed by atoms with Crippen molar-refractivity contribution in [2.24, 2.45) is 10.2 Å². The van der Waals surface area contributed by atoms with Crippen LogP contribution in [0.2, 0.25) is 0 Å². The van der Waals surface area contributed by atoms with Crippen LogP contribution in [0.15, 0.2) is 63.6 Å². The number of rotatable bonds is 6. The number of aromatic amines is 2. The van der Waals surface area contributed by atoms with Crippen molar-refractivity contribution in [1.29, 1.82) is 0 Å². The van der Waals surface area contributed by atoms with E-state index in [9.17, 15) is 9.59 Å². The third-order valence-corrected chi connectivity index (χ3v) is 3.69. The van der Waals surface area contributed by atoms with Crippen LogP contribution in [0.3, 0.4) is 0 Å². The minimum Gasteiger partial charge on any atom is -0.497 e. The SMILES string of the molecule is COc1ccc(-c2[nH][nH]c(=O)c2N=Nc2ccc(CC(=O)O)cc2)cc1. The molecule has 3 rings (SSSR count). The Balaban J connectivity index is 1.85. The van der Waals surface area contributed by atoms with E-state index in [0.717, 1.165) is 5.56 Å². The van der Waals surface area contributed by atoms with Crippen LogP contribution < -0.4 is 10.3 Å². The van der Waals surface area contributed by atoms with Crippen molar-refractivity contribution in [2.75, 3.05) is 7.11 Å². The van der Waals surface area contributed by atoms with Gasteiger partial charge >= 0.3 is 5.97 Å². The molecule has 0 unspecified atom stereocenters. The zero-order chi connectivity index (χ0) is 18.5. The number of hydrogen-bond donors (Lipinski definition) is 3. The van der Waals surface area contributed by atoms with E-state index in [-0.39, 0.29) is 17.7 Å². The van der Waals surface area contributed by atoms with Crippen molar-refractivity contribution in [2.45, 2.75) is 6.42 Å². The molecule has 0 saturated carbocycles. The van der Waals surface area contributed by atoms with Gasteiger partial charge in [-0.05, 0) is 42.0 Å². The summed E-state index contributed by atoms with van der Waals surface area (Å²) in [5, 5.41) is 22.2. The molecule has 0 amide bonds. The van der Waals surface area contributed by atoms with Crippen LogP contribution in [-0.4, -0.2) is 28.4 Å². The fraction of sp³-hybridized carbons (Fsp3) is 0.111. The maximum absolute atomic E-state index is 12.0. The van der Waals surface area contributed by atoms with Gasteiger partial charge in [0.1, 0.15) is 5.75 Å². The molecule has 8 heteroatoms. The quantitative estimate of drug-likeness (QED) is 0.589. The number of H-pyrrole nitrogens is 2. The fourth-order valence-electron chi connectivity index (χ4n) is 2.38. The fourth-order valence-corrected chi connectivity index (χ4v) is 2.38. The number of carboxylic acid groups (broad SMARTS) is 1. The second kappa shape index (κ2) is 7.47. The molecule has 0 aliphatic carbocycles. The molecule has 0 bridgehead atoms. The predicted octanol–water partition coefficient (Wildman–Crippen LogP) is 3.42. The van der Waals surface area contributed by atoms with Crippen LogP contribution in [-0.2, 0) is 11.2 Å². The summed E-state index contributed by atoms with van der Waals surface area (Å²) in [6, 6.07) is 13.8. The van der Waals surface area contributed by atoms with Crippen molar-refractivity contribution in [3.05, 3.63) is 64.4 Å². The van der Waals surface area contributed by atoms with Gasteiger partial charge < -0.3 is 9.84 Å². The number of methoxy groups -OCH3 is 1. The number of ether oxygens (including phenoxy) is 1. The molecule has 132 valence electrons. The van der Waals surface area contributed by atoms with Gasteiger partial charge in [0, 0.05) is 5.56 Å². The van der Waals surface area contributed by atoms with E-state index in [2.05, 4.69) is 20.4 Å². The molecule has 0 spiro atoms. The van der Waals surface area contributed by atoms with Gasteiger partial charge in [-0.25, -0.2) is 0 Å². The zero-order valence-corrected chi connectivity index (χ0v) is 13.9. The maximum Gasteiger partial charge on any atom is 0.307 e. The Morgan fingerprint density at radius 2 is 1.73 bits per heavy atom. The normalized spacial score (nSPS) is 11.0. The molecule has 3 N–H and O–H groups in total. The molecular formula is C18H16N4O4. The van der Waals surface area contributed by atoms with Crippen molar-refractivity contribution in [3.63, 3.8) is 0 Å². The summed E-state index contributed by atoms with van der Waals surface area (Å²) < 4.78 is 5.12. The molecular weight excluding hydrogens is 336 g/mol. The van der Waals surface area contributed by atoms with Crippen LogP contribution in [0.1, 0.15) is 5.56 Å². The molecule has 2 aromatic carbocycles. The van der Waals surface area contributed by atoms with Crippen LogP contribution in [0, 0.1) is 0 Å². The van der Waals surface area contributed by atoms with Crippen LogP contribution in [0.25, 0.3) is 11.3 Å². The van der Waals surface area contributed by atoms with Gasteiger partial charge in [-0.2, -0.15) is 5.11 Å². The minimum atomic E-state index is -0.901. The van der Waals surface area contributed by atoms with Crippen molar-refractivity contribution in [1.82, 2.24) is 10.2 Å². The lowest BCUT2D eigenvalue weighted by atomic mass is 10.1. The lowest BCUT2D eigenvalue weighted by molar-refractivity contribution is -0.136. The lowest BCUT2D eigenvalue weighted by Crippen LogP contribution is -1.99. The molecule has 8 nitrogen and oxygen atoms in total. The lowest BCUT2D eigenvalue weighted by Gasteiger charge is -2.02. The van der Waals surface area contributed by atoms with Crippen molar-refractivity contribution < 1.29 is 14.6 Å². The summed E-state index contributed by atoms with van der Waals surface area (Å²) in [7, 11) is 1.58. The number of carbonyl (C=O) groups is 1. The molecule has 0 atom stereocenters. The van der Waals surface area contributed by atoms with Crippen LogP contribution in [0.5, 0.6) is 5.75 Å². The first-order chi connectivity index (χ1) is 12.6. The first-order valence-corrected chi connectivity index (χ1v) is 7.74. The molecule has 1 aromatic heterocycles. The topological polar surface area (TPSA) is 120 Å². The number of carboxylic acids is 1. The Hall–Kier alpha value is -3.68. The molecule has 0 fully saturated rings. The highest BCUT2D eigenvalue weighted by Crippen LogP contribution is 2.28. The average molecular weight is 352 g/mol. The third kappa shape index (κ3) is 3.86. The Labute approximate surface area is 148 Å². The molecule has 1 heterocycles. The van der Waals surface area contributed by atoms with Gasteiger partial charge in [0.15, 0.2) is 5.69 Å². The molecule has 0 aliphatic rings. The van der Waals surface area contributed by atoms with Crippen LogP contribution in [0.4, 0.5) is 11.4 Å². The summed E-state index contributed by atoms with van der Waals surface area (Å²) in [4.78, 5) is 22.7. The highest BCUT2D eigenvalue weighted by Gasteiger charge is 2.11. The first kappa shape index (κ1) is 17.2. The Bertz CT molecular complexity index is 985. The zero-order valence-electron chi connectivity index (χ0n) is 13.9. The molecule has 0 radical (unpaired) electrons. The van der Waals surface area contributed by atoms with Gasteiger partial charge in [0.05, 0.1) is 24.9 Å². The molecule has 0 saturated heterocycles. The summed E-state index contributed by atoms with van der Waals surface area (Å²) in [5.41, 5.74) is 2.22. The van der Waals surface area contributed by atoms with Gasteiger partial charge in [0.25, 0.3) is 5.56 Å². The van der Waals surface area contributed by atoms with Gasteiger partial charge in [-0.1, -0.05) is 12.1 Å². The molecule has 3 aromatic rings. The monoisotopic (exact) mass is 352 g/mol. The standard InChI is InChI=1S/C18H16N4O4/c1-26-14-8-4-12(5-9-14)16-17(18(25)22-20-16)21-19-13-6-2-11(3-7-13)10-15(23)24/h2-9H,10H2,1H3,(H,23,24)(H2,20,22,25). The molecule has 0 aliphatic heterocycles. The summed E-state index contributed by atoms with van der Waals surface area (Å²) in [6.45, 7) is 0. The van der Waals surface area contributed by atoms with E-state index in [0.29, 0.717) is 22.7 Å². The third-order valence-electron chi connectivity index (χ3n) is 3.69. The first-order valence-electron chi connectivity index (χ1n) is 7.74. The Kier molecular flexibility index (Phi) is 4.93. The summed E-state index contributed by atoms with van der Waals surface area (Å²) in [6.07, 6.45) is -0.0590. The number of azo groups is 1. The second-order valence-electron chi connectivity index (χ2n) is 5.47. The number of aromatic nitrogens is 2. The van der Waals surface area contributed by atoms with Crippen LogP contribution >= 0.6 is 0 Å². The molecule has 26 heavy (non-hydrogen) atoms. The average Bonchev–Trinajstić information content (AvgIpc) is 3.01. The second-order valence-corrected chi connectivity index (χ2v) is 5.47. The number of benzene rings is 2. The van der Waals surface area contributed by atoms with Gasteiger partial charge in [0.2, 0.25) is 0 Å². The van der Waals surface area contributed by atoms with E-state index in [4.69, 9.17) is 9.84 Å². The highest BCUT2D eigenvalue weighted by atomic mass is 16.5. The number of aliphatic carboxylic acids is 1. The van der Waals surface area contributed by atoms with E-state index >= 15 is 0 Å². The van der Waals surface area contributed by atoms with Crippen molar-refractivity contribution in [3.8, 4) is 17.0 Å². The van der Waals surface area contributed by atoms with E-state index in [1.54, 1.807) is 55.6 Å². The number of nitrogens with zero attached hydrogens (tertiary/aromatic N) is 2. The summed E-state index contributed by atoms with van der Waals surface area (Å²) >= 11 is 0. The van der Waals surface area contributed by atoms with Gasteiger partial charge in [-0.15, -0.1) is 5.11 Å². The Morgan fingerprint density at radius 1 is 1.04 bits per heavy atom. The number of hydrogen-bond acceptors (Lipinski definition) is 5. The predicted molar refractivity (Wildman–Crippen MR) is 95.4 cm³/mol. The smallest absolute Gasteiger partial charge is 0.307 e. The highest BCUT2D eigenvalue weighted by molar-refractivity contribution is 5.72. The van der Waals surface area contributed by atoms with Crippen molar-refractivity contribution >= 4 is 17.3 Å². The minimum absolute atomic E-state index is 0.0590. The largest absolute Gasteiger partial charge is 0.497 e.